The summed E-state index contributed by atoms with van der Waals surface area (Å²) in [5, 5.41) is 6.91. The Bertz CT molecular complexity index is 766. The van der Waals surface area contributed by atoms with Gasteiger partial charge in [0.1, 0.15) is 0 Å². The van der Waals surface area contributed by atoms with Crippen molar-refractivity contribution in [3.63, 3.8) is 0 Å². The third-order valence-corrected chi connectivity index (χ3v) is 4.40. The maximum atomic E-state index is 12.2. The Morgan fingerprint density at radius 1 is 1.00 bits per heavy atom. The SMILES string of the molecule is C[C@H](NC(=O)C[NH+](C)CC(=O)Nc1ccc(Cl)cc1)c1ccccc1Cl. The highest BCUT2D eigenvalue weighted by atomic mass is 35.5. The van der Waals surface area contributed by atoms with Crippen LogP contribution < -0.4 is 15.5 Å². The molecule has 2 aromatic carbocycles. The van der Waals surface area contributed by atoms with Gasteiger partial charge in [0.15, 0.2) is 13.1 Å². The summed E-state index contributed by atoms with van der Waals surface area (Å²) in [5.41, 5.74) is 1.53. The van der Waals surface area contributed by atoms with Gasteiger partial charge in [0.05, 0.1) is 13.1 Å². The van der Waals surface area contributed by atoms with Gasteiger partial charge < -0.3 is 15.5 Å². The first-order chi connectivity index (χ1) is 12.3. The maximum absolute atomic E-state index is 12.2. The molecule has 0 radical (unpaired) electrons. The molecule has 3 N–H and O–H groups in total. The number of hydrogen-bond donors (Lipinski definition) is 3. The molecule has 138 valence electrons. The van der Waals surface area contributed by atoms with E-state index in [-0.39, 0.29) is 30.9 Å². The Hall–Kier alpha value is -2.08. The monoisotopic (exact) mass is 394 g/mol. The van der Waals surface area contributed by atoms with Gasteiger partial charge in [-0.05, 0) is 42.8 Å². The second-order valence-electron chi connectivity index (χ2n) is 6.18. The summed E-state index contributed by atoms with van der Waals surface area (Å²) in [6.07, 6.45) is 0. The molecule has 2 amide bonds. The molecule has 0 aromatic heterocycles. The van der Waals surface area contributed by atoms with E-state index in [9.17, 15) is 9.59 Å². The zero-order valence-electron chi connectivity index (χ0n) is 14.7. The molecule has 5 nitrogen and oxygen atoms in total. The molecular formula is C19H22Cl2N3O2+. The van der Waals surface area contributed by atoms with Crippen molar-refractivity contribution < 1.29 is 14.5 Å². The minimum absolute atomic E-state index is 0.144. The van der Waals surface area contributed by atoms with Crippen LogP contribution in [0.1, 0.15) is 18.5 Å². The predicted molar refractivity (Wildman–Crippen MR) is 105 cm³/mol. The number of carbonyl (C=O) groups excluding carboxylic acids is 2. The molecule has 2 aromatic rings. The first-order valence-electron chi connectivity index (χ1n) is 8.25. The molecule has 0 saturated carbocycles. The van der Waals surface area contributed by atoms with E-state index in [1.165, 1.54) is 0 Å². The summed E-state index contributed by atoms with van der Waals surface area (Å²) in [6, 6.07) is 14.1. The van der Waals surface area contributed by atoms with Crippen LogP contribution in [0.4, 0.5) is 5.69 Å². The number of likely N-dealkylation sites (N-methyl/N-ethyl adjacent to an activating group) is 1. The van der Waals surface area contributed by atoms with E-state index in [1.807, 2.05) is 25.1 Å². The lowest BCUT2D eigenvalue weighted by Crippen LogP contribution is -3.11. The van der Waals surface area contributed by atoms with Gasteiger partial charge in [-0.3, -0.25) is 9.59 Å². The van der Waals surface area contributed by atoms with Crippen molar-refractivity contribution in [3.05, 3.63) is 64.1 Å². The highest BCUT2D eigenvalue weighted by Gasteiger charge is 2.17. The smallest absolute Gasteiger partial charge is 0.279 e. The minimum atomic E-state index is -0.202. The fraction of sp³-hybridized carbons (Fsp3) is 0.263. The quantitative estimate of drug-likeness (QED) is 0.674. The Morgan fingerprint density at radius 2 is 1.62 bits per heavy atom. The van der Waals surface area contributed by atoms with E-state index < -0.39 is 0 Å². The van der Waals surface area contributed by atoms with Gasteiger partial charge in [-0.2, -0.15) is 0 Å². The van der Waals surface area contributed by atoms with Crippen LogP contribution in [0.25, 0.3) is 0 Å². The summed E-state index contributed by atoms with van der Waals surface area (Å²) < 4.78 is 0. The van der Waals surface area contributed by atoms with E-state index in [4.69, 9.17) is 23.2 Å². The summed E-state index contributed by atoms with van der Waals surface area (Å²) in [5.74, 6) is -0.314. The van der Waals surface area contributed by atoms with E-state index in [1.54, 1.807) is 37.4 Å². The van der Waals surface area contributed by atoms with Crippen molar-refractivity contribution in [2.75, 3.05) is 25.5 Å². The van der Waals surface area contributed by atoms with Gasteiger partial charge in [0.25, 0.3) is 11.8 Å². The number of nitrogens with one attached hydrogen (secondary N) is 3. The standard InChI is InChI=1S/C19H21Cl2N3O2/c1-13(16-5-3-4-6-17(16)21)22-18(25)11-24(2)12-19(26)23-15-9-7-14(20)8-10-15/h3-10,13H,11-12H2,1-2H3,(H,22,25)(H,23,26)/p+1/t13-/m0/s1. The van der Waals surface area contributed by atoms with Crippen molar-refractivity contribution in [2.45, 2.75) is 13.0 Å². The van der Waals surface area contributed by atoms with E-state index >= 15 is 0 Å². The molecule has 0 spiro atoms. The second kappa shape index (κ2) is 9.57. The molecule has 2 rings (SSSR count). The average Bonchev–Trinajstić information content (AvgIpc) is 2.56. The van der Waals surface area contributed by atoms with Gasteiger partial charge >= 0.3 is 0 Å². The molecule has 7 heteroatoms. The number of carbonyl (C=O) groups is 2. The van der Waals surface area contributed by atoms with Crippen LogP contribution >= 0.6 is 23.2 Å². The molecule has 26 heavy (non-hydrogen) atoms. The number of halogens is 2. The van der Waals surface area contributed by atoms with E-state index in [2.05, 4.69) is 10.6 Å². The first-order valence-corrected chi connectivity index (χ1v) is 9.01. The van der Waals surface area contributed by atoms with Crippen molar-refractivity contribution in [2.24, 2.45) is 0 Å². The van der Waals surface area contributed by atoms with Crippen LogP contribution in [-0.4, -0.2) is 32.0 Å². The second-order valence-corrected chi connectivity index (χ2v) is 7.02. The van der Waals surface area contributed by atoms with Crippen LogP contribution in [0.5, 0.6) is 0 Å². The number of amides is 2. The molecule has 0 aliphatic rings. The van der Waals surface area contributed by atoms with Crippen molar-refractivity contribution in [1.82, 2.24) is 5.32 Å². The molecule has 0 heterocycles. The number of quaternary nitrogens is 1. The summed E-state index contributed by atoms with van der Waals surface area (Å²) in [7, 11) is 1.79. The molecule has 0 fully saturated rings. The summed E-state index contributed by atoms with van der Waals surface area (Å²) in [6.45, 7) is 2.24. The van der Waals surface area contributed by atoms with Crippen molar-refractivity contribution in [1.29, 1.82) is 0 Å². The van der Waals surface area contributed by atoms with Crippen molar-refractivity contribution in [3.8, 4) is 0 Å². The normalized spacial score (nSPS) is 12.9. The number of rotatable bonds is 7. The number of anilines is 1. The van der Waals surface area contributed by atoms with Gasteiger partial charge in [-0.1, -0.05) is 41.4 Å². The Morgan fingerprint density at radius 3 is 2.27 bits per heavy atom. The molecule has 0 aliphatic heterocycles. The number of benzene rings is 2. The van der Waals surface area contributed by atoms with Crippen molar-refractivity contribution >= 4 is 40.7 Å². The highest BCUT2D eigenvalue weighted by molar-refractivity contribution is 6.31. The maximum Gasteiger partial charge on any atom is 0.279 e. The Kier molecular flexibility index (Phi) is 7.45. The minimum Gasteiger partial charge on any atom is -0.345 e. The van der Waals surface area contributed by atoms with Crippen LogP contribution in [0, 0.1) is 0 Å². The third kappa shape index (κ3) is 6.33. The zero-order valence-corrected chi connectivity index (χ0v) is 16.2. The van der Waals surface area contributed by atoms with E-state index in [0.717, 1.165) is 10.5 Å². The lowest BCUT2D eigenvalue weighted by Gasteiger charge is -2.18. The Labute approximate surface area is 163 Å². The van der Waals surface area contributed by atoms with Crippen LogP contribution in [0.3, 0.4) is 0 Å². The summed E-state index contributed by atoms with van der Waals surface area (Å²) in [4.78, 5) is 25.0. The topological polar surface area (TPSA) is 62.6 Å². The lowest BCUT2D eigenvalue weighted by molar-refractivity contribution is -0.862. The highest BCUT2D eigenvalue weighted by Crippen LogP contribution is 2.21. The average molecular weight is 395 g/mol. The lowest BCUT2D eigenvalue weighted by atomic mass is 10.1. The van der Waals surface area contributed by atoms with Crippen LogP contribution in [0.15, 0.2) is 48.5 Å². The van der Waals surface area contributed by atoms with Gasteiger partial charge in [-0.15, -0.1) is 0 Å². The first kappa shape index (κ1) is 20.2. The predicted octanol–water partition coefficient (Wildman–Crippen LogP) is 2.32. The molecular weight excluding hydrogens is 373 g/mol. The molecule has 0 bridgehead atoms. The fourth-order valence-corrected chi connectivity index (χ4v) is 2.97. The van der Waals surface area contributed by atoms with Gasteiger partial charge in [0, 0.05) is 15.7 Å². The number of hydrogen-bond acceptors (Lipinski definition) is 2. The molecule has 0 saturated heterocycles. The molecule has 1 unspecified atom stereocenters. The largest absolute Gasteiger partial charge is 0.345 e. The van der Waals surface area contributed by atoms with Crippen LogP contribution in [0.2, 0.25) is 10.0 Å². The van der Waals surface area contributed by atoms with Crippen LogP contribution in [-0.2, 0) is 9.59 Å². The fourth-order valence-electron chi connectivity index (χ4n) is 2.55. The summed E-state index contributed by atoms with van der Waals surface area (Å²) >= 11 is 12.0. The Balaban J connectivity index is 1.80. The molecule has 2 atom stereocenters. The zero-order chi connectivity index (χ0) is 19.1. The molecule has 0 aliphatic carbocycles. The third-order valence-electron chi connectivity index (χ3n) is 3.80. The van der Waals surface area contributed by atoms with Gasteiger partial charge in [-0.25, -0.2) is 0 Å². The van der Waals surface area contributed by atoms with Gasteiger partial charge in [0.2, 0.25) is 0 Å². The van der Waals surface area contributed by atoms with E-state index in [0.29, 0.717) is 15.7 Å².